The van der Waals surface area contributed by atoms with E-state index in [0.29, 0.717) is 12.5 Å². The van der Waals surface area contributed by atoms with Crippen molar-refractivity contribution in [3.8, 4) is 0 Å². The van der Waals surface area contributed by atoms with Gasteiger partial charge in [-0.25, -0.2) is 0 Å². The van der Waals surface area contributed by atoms with Gasteiger partial charge >= 0.3 is 0 Å². The summed E-state index contributed by atoms with van der Waals surface area (Å²) in [6.07, 6.45) is 1.04. The molecule has 0 saturated carbocycles. The third kappa shape index (κ3) is 3.78. The highest BCUT2D eigenvalue weighted by molar-refractivity contribution is 5.94. The zero-order chi connectivity index (χ0) is 15.4. The Morgan fingerprint density at radius 3 is 2.59 bits per heavy atom. The number of nitrogens with one attached hydrogen (secondary N) is 1. The number of carbonyl (C=O) groups excluding carboxylic acids is 1. The molecule has 5 nitrogen and oxygen atoms in total. The number of carbonyl (C=O) groups is 1. The number of piperazine rings is 1. The predicted octanol–water partition coefficient (Wildman–Crippen LogP) is 1.20. The van der Waals surface area contributed by atoms with Crippen LogP contribution in [0.3, 0.4) is 0 Å². The van der Waals surface area contributed by atoms with Crippen LogP contribution in [0.25, 0.3) is 0 Å². The zero-order valence-corrected chi connectivity index (χ0v) is 13.3. The average Bonchev–Trinajstić information content (AvgIpc) is 3.07. The standard InChI is InChI=1S/C17H25N3O2/c1-19-7-9-20(10-8-19)16-4-2-15(3-5-16)17(21)18-12-14-6-11-22-13-14/h2-5,14H,6-13H2,1H3,(H,18,21)/t14-/m0/s1. The fraction of sp³-hybridized carbons (Fsp3) is 0.588. The van der Waals surface area contributed by atoms with E-state index in [-0.39, 0.29) is 5.91 Å². The zero-order valence-electron chi connectivity index (χ0n) is 13.3. The second kappa shape index (κ2) is 7.11. The van der Waals surface area contributed by atoms with Crippen molar-refractivity contribution in [1.82, 2.24) is 10.2 Å². The highest BCUT2D eigenvalue weighted by Crippen LogP contribution is 2.17. The molecule has 1 aromatic carbocycles. The second-order valence-corrected chi connectivity index (χ2v) is 6.28. The second-order valence-electron chi connectivity index (χ2n) is 6.28. The van der Waals surface area contributed by atoms with Crippen LogP contribution >= 0.6 is 0 Å². The van der Waals surface area contributed by atoms with Crippen molar-refractivity contribution >= 4 is 11.6 Å². The van der Waals surface area contributed by atoms with Crippen LogP contribution in [0.5, 0.6) is 0 Å². The first-order chi connectivity index (χ1) is 10.7. The van der Waals surface area contributed by atoms with Gasteiger partial charge in [-0.3, -0.25) is 4.79 Å². The van der Waals surface area contributed by atoms with Crippen molar-refractivity contribution in [2.45, 2.75) is 6.42 Å². The fourth-order valence-corrected chi connectivity index (χ4v) is 2.97. The molecular formula is C17H25N3O2. The van der Waals surface area contributed by atoms with E-state index in [0.717, 1.165) is 51.4 Å². The summed E-state index contributed by atoms with van der Waals surface area (Å²) in [5, 5.41) is 3.01. The van der Waals surface area contributed by atoms with Crippen LogP contribution in [0.4, 0.5) is 5.69 Å². The number of hydrogen-bond donors (Lipinski definition) is 1. The summed E-state index contributed by atoms with van der Waals surface area (Å²) in [5.74, 6) is 0.477. The largest absolute Gasteiger partial charge is 0.381 e. The molecule has 1 aromatic rings. The van der Waals surface area contributed by atoms with E-state index in [2.05, 4.69) is 34.3 Å². The van der Waals surface area contributed by atoms with E-state index >= 15 is 0 Å². The lowest BCUT2D eigenvalue weighted by Crippen LogP contribution is -2.44. The molecule has 1 amide bonds. The van der Waals surface area contributed by atoms with E-state index in [1.807, 2.05) is 12.1 Å². The number of ether oxygens (including phenoxy) is 1. The first-order valence-corrected chi connectivity index (χ1v) is 8.12. The van der Waals surface area contributed by atoms with Crippen LogP contribution in [0.15, 0.2) is 24.3 Å². The van der Waals surface area contributed by atoms with Crippen molar-refractivity contribution in [2.24, 2.45) is 5.92 Å². The molecule has 0 spiro atoms. The van der Waals surface area contributed by atoms with Crippen LogP contribution < -0.4 is 10.2 Å². The minimum absolute atomic E-state index is 0.0110. The molecule has 120 valence electrons. The van der Waals surface area contributed by atoms with E-state index in [4.69, 9.17) is 4.74 Å². The maximum absolute atomic E-state index is 12.2. The topological polar surface area (TPSA) is 44.8 Å². The molecule has 0 unspecified atom stereocenters. The van der Waals surface area contributed by atoms with Crippen LogP contribution in [0.2, 0.25) is 0 Å². The van der Waals surface area contributed by atoms with E-state index < -0.39 is 0 Å². The maximum Gasteiger partial charge on any atom is 0.251 e. The number of likely N-dealkylation sites (N-methyl/N-ethyl adjacent to an activating group) is 1. The third-order valence-electron chi connectivity index (χ3n) is 4.57. The SMILES string of the molecule is CN1CCN(c2ccc(C(=O)NC[C@@H]3CCOC3)cc2)CC1. The summed E-state index contributed by atoms with van der Waals surface area (Å²) in [5.41, 5.74) is 1.94. The third-order valence-corrected chi connectivity index (χ3v) is 4.57. The lowest BCUT2D eigenvalue weighted by Gasteiger charge is -2.34. The summed E-state index contributed by atoms with van der Waals surface area (Å²) in [6, 6.07) is 7.96. The van der Waals surface area contributed by atoms with Gasteiger partial charge in [0.05, 0.1) is 6.61 Å². The molecule has 3 rings (SSSR count). The monoisotopic (exact) mass is 303 g/mol. The summed E-state index contributed by atoms with van der Waals surface area (Å²) < 4.78 is 5.33. The number of nitrogens with zero attached hydrogens (tertiary/aromatic N) is 2. The number of amides is 1. The molecule has 2 aliphatic heterocycles. The smallest absolute Gasteiger partial charge is 0.251 e. The highest BCUT2D eigenvalue weighted by Gasteiger charge is 2.17. The van der Waals surface area contributed by atoms with Crippen molar-refractivity contribution < 1.29 is 9.53 Å². The Morgan fingerprint density at radius 2 is 1.95 bits per heavy atom. The molecular weight excluding hydrogens is 278 g/mol. The molecule has 0 radical (unpaired) electrons. The summed E-state index contributed by atoms with van der Waals surface area (Å²) in [6.45, 7) is 6.56. The van der Waals surface area contributed by atoms with Crippen LogP contribution in [-0.4, -0.2) is 63.8 Å². The minimum atomic E-state index is 0.0110. The van der Waals surface area contributed by atoms with Gasteiger partial charge in [0, 0.05) is 56.5 Å². The lowest BCUT2D eigenvalue weighted by molar-refractivity contribution is 0.0945. The van der Waals surface area contributed by atoms with Gasteiger partial charge in [0.25, 0.3) is 5.91 Å². The first kappa shape index (κ1) is 15.3. The van der Waals surface area contributed by atoms with E-state index in [1.54, 1.807) is 0 Å². The van der Waals surface area contributed by atoms with Gasteiger partial charge in [-0.1, -0.05) is 0 Å². The Labute approximate surface area is 132 Å². The van der Waals surface area contributed by atoms with Gasteiger partial charge in [0.2, 0.25) is 0 Å². The molecule has 5 heteroatoms. The molecule has 0 aromatic heterocycles. The Bertz CT molecular complexity index is 489. The summed E-state index contributed by atoms with van der Waals surface area (Å²) >= 11 is 0. The Hall–Kier alpha value is -1.59. The van der Waals surface area contributed by atoms with Gasteiger partial charge in [0.15, 0.2) is 0 Å². The van der Waals surface area contributed by atoms with Crippen molar-refractivity contribution in [2.75, 3.05) is 57.9 Å². The maximum atomic E-state index is 12.2. The molecule has 2 fully saturated rings. The molecule has 22 heavy (non-hydrogen) atoms. The highest BCUT2D eigenvalue weighted by atomic mass is 16.5. The molecule has 2 heterocycles. The van der Waals surface area contributed by atoms with Crippen LogP contribution in [0.1, 0.15) is 16.8 Å². The van der Waals surface area contributed by atoms with Gasteiger partial charge < -0.3 is 19.9 Å². The predicted molar refractivity (Wildman–Crippen MR) is 87.4 cm³/mol. The van der Waals surface area contributed by atoms with Crippen LogP contribution in [-0.2, 0) is 4.74 Å². The van der Waals surface area contributed by atoms with Gasteiger partial charge in [-0.05, 0) is 37.7 Å². The lowest BCUT2D eigenvalue weighted by atomic mass is 10.1. The van der Waals surface area contributed by atoms with Crippen molar-refractivity contribution in [3.63, 3.8) is 0 Å². The molecule has 2 aliphatic rings. The number of rotatable bonds is 4. The number of benzene rings is 1. The van der Waals surface area contributed by atoms with Gasteiger partial charge in [0.1, 0.15) is 0 Å². The molecule has 0 aliphatic carbocycles. The fourth-order valence-electron chi connectivity index (χ4n) is 2.97. The number of hydrogen-bond acceptors (Lipinski definition) is 4. The van der Waals surface area contributed by atoms with Crippen molar-refractivity contribution in [3.05, 3.63) is 29.8 Å². The molecule has 1 atom stereocenters. The molecule has 2 saturated heterocycles. The van der Waals surface area contributed by atoms with Crippen molar-refractivity contribution in [1.29, 1.82) is 0 Å². The molecule has 0 bridgehead atoms. The Kier molecular flexibility index (Phi) is 4.95. The van der Waals surface area contributed by atoms with E-state index in [1.165, 1.54) is 5.69 Å². The summed E-state index contributed by atoms with van der Waals surface area (Å²) in [4.78, 5) is 16.9. The van der Waals surface area contributed by atoms with Gasteiger partial charge in [-0.15, -0.1) is 0 Å². The quantitative estimate of drug-likeness (QED) is 0.908. The van der Waals surface area contributed by atoms with E-state index in [9.17, 15) is 4.79 Å². The van der Waals surface area contributed by atoms with Gasteiger partial charge in [-0.2, -0.15) is 0 Å². The summed E-state index contributed by atoms with van der Waals surface area (Å²) in [7, 11) is 2.15. The van der Waals surface area contributed by atoms with Crippen LogP contribution in [0, 0.1) is 5.92 Å². The number of anilines is 1. The Balaban J connectivity index is 1.53. The molecule has 1 N–H and O–H groups in total. The Morgan fingerprint density at radius 1 is 1.23 bits per heavy atom. The minimum Gasteiger partial charge on any atom is -0.381 e. The average molecular weight is 303 g/mol. The normalized spacial score (nSPS) is 22.8. The first-order valence-electron chi connectivity index (χ1n) is 8.12.